The average Bonchev–Trinajstić information content (AvgIpc) is 2.94. The Morgan fingerprint density at radius 1 is 1.22 bits per heavy atom. The molecule has 0 unspecified atom stereocenters. The van der Waals surface area contributed by atoms with Gasteiger partial charge in [-0.05, 0) is 19.9 Å². The molecule has 0 saturated carbocycles. The number of aromatic nitrogens is 2. The Bertz CT molecular complexity index is 884. The van der Waals surface area contributed by atoms with E-state index in [1.165, 1.54) is 6.92 Å². The van der Waals surface area contributed by atoms with Gasteiger partial charge in [0.25, 0.3) is 5.71 Å². The van der Waals surface area contributed by atoms with Gasteiger partial charge in [0.2, 0.25) is 0 Å². The Morgan fingerprint density at radius 3 is 2.65 bits per heavy atom. The molecule has 3 aromatic rings. The van der Waals surface area contributed by atoms with Gasteiger partial charge in [-0.1, -0.05) is 35.5 Å². The lowest BCUT2D eigenvalue weighted by molar-refractivity contribution is -0.120. The van der Waals surface area contributed by atoms with Crippen molar-refractivity contribution in [3.05, 3.63) is 47.7 Å². The third kappa shape index (κ3) is 2.96. The highest BCUT2D eigenvalue weighted by Crippen LogP contribution is 2.27. The van der Waals surface area contributed by atoms with E-state index in [1.54, 1.807) is 13.0 Å². The molecule has 2 heterocycles. The van der Waals surface area contributed by atoms with Crippen molar-refractivity contribution in [3.8, 4) is 11.3 Å². The maximum atomic E-state index is 12.3. The predicted octanol–water partition coefficient (Wildman–Crippen LogP) is 2.94. The van der Waals surface area contributed by atoms with E-state index >= 15 is 0 Å². The highest BCUT2D eigenvalue weighted by molar-refractivity contribution is 6.04. The van der Waals surface area contributed by atoms with E-state index in [2.05, 4.69) is 10.1 Å². The van der Waals surface area contributed by atoms with Crippen molar-refractivity contribution < 1.29 is 18.8 Å². The summed E-state index contributed by atoms with van der Waals surface area (Å²) in [5, 5.41) is 4.35. The fraction of sp³-hybridized carbons (Fsp3) is 0.176. The fourth-order valence-electron chi connectivity index (χ4n) is 2.26. The Hall–Kier alpha value is -3.02. The zero-order chi connectivity index (χ0) is 16.4. The molecule has 2 aromatic heterocycles. The summed E-state index contributed by atoms with van der Waals surface area (Å²) >= 11 is 0. The first-order chi connectivity index (χ1) is 11.1. The summed E-state index contributed by atoms with van der Waals surface area (Å²) in [6, 6.07) is 11.0. The third-order valence-corrected chi connectivity index (χ3v) is 3.31. The lowest BCUT2D eigenvalue weighted by atomic mass is 10.1. The van der Waals surface area contributed by atoms with Crippen molar-refractivity contribution in [1.29, 1.82) is 0 Å². The van der Waals surface area contributed by atoms with Gasteiger partial charge in [0, 0.05) is 5.56 Å². The monoisotopic (exact) mass is 310 g/mol. The van der Waals surface area contributed by atoms with Crippen LogP contribution in [0.4, 0.5) is 0 Å². The van der Waals surface area contributed by atoms with Crippen LogP contribution in [-0.2, 0) is 9.53 Å². The third-order valence-electron chi connectivity index (χ3n) is 3.31. The van der Waals surface area contributed by atoms with E-state index in [9.17, 15) is 9.59 Å². The summed E-state index contributed by atoms with van der Waals surface area (Å²) in [6.45, 7) is 2.81. The Morgan fingerprint density at radius 2 is 1.96 bits per heavy atom. The summed E-state index contributed by atoms with van der Waals surface area (Å²) in [7, 11) is 0. The van der Waals surface area contributed by atoms with Crippen LogP contribution in [0.15, 0.2) is 40.9 Å². The van der Waals surface area contributed by atoms with Crippen LogP contribution in [0.1, 0.15) is 23.0 Å². The van der Waals surface area contributed by atoms with Gasteiger partial charge in [0.15, 0.2) is 5.78 Å². The van der Waals surface area contributed by atoms with Crippen molar-refractivity contribution in [2.45, 2.75) is 13.8 Å². The summed E-state index contributed by atoms with van der Waals surface area (Å²) in [5.41, 5.74) is 2.50. The zero-order valence-corrected chi connectivity index (χ0v) is 12.7. The maximum absolute atomic E-state index is 12.3. The number of carbonyl (C=O) groups is 2. The van der Waals surface area contributed by atoms with Gasteiger partial charge in [0.1, 0.15) is 6.61 Å². The predicted molar refractivity (Wildman–Crippen MR) is 82.9 cm³/mol. The minimum atomic E-state index is -0.601. The van der Waals surface area contributed by atoms with Crippen LogP contribution in [-0.4, -0.2) is 28.5 Å². The number of ketones is 1. The van der Waals surface area contributed by atoms with Gasteiger partial charge in [-0.15, -0.1) is 0 Å². The van der Waals surface area contributed by atoms with E-state index < -0.39 is 5.97 Å². The van der Waals surface area contributed by atoms with Crippen molar-refractivity contribution in [2.75, 3.05) is 6.61 Å². The topological polar surface area (TPSA) is 82.3 Å². The molecule has 0 atom stereocenters. The molecule has 0 spiro atoms. The summed E-state index contributed by atoms with van der Waals surface area (Å²) < 4.78 is 10.2. The molecular formula is C17H14N2O4. The summed E-state index contributed by atoms with van der Waals surface area (Å²) in [4.78, 5) is 27.8. The largest absolute Gasteiger partial charge is 0.454 e. The standard InChI is InChI=1S/C17H14N2O4/c1-10(20)9-22-17(21)13-8-14(12-6-4-3-5-7-12)18-16-15(13)11(2)19-23-16/h3-8H,9H2,1-2H3. The van der Waals surface area contributed by atoms with E-state index in [1.807, 2.05) is 30.3 Å². The Labute approximate surface area is 132 Å². The van der Waals surface area contributed by atoms with Crippen LogP contribution in [0.5, 0.6) is 0 Å². The van der Waals surface area contributed by atoms with Gasteiger partial charge in [-0.25, -0.2) is 9.78 Å². The molecule has 0 aliphatic carbocycles. The minimum absolute atomic E-state index is 0.228. The number of fused-ring (bicyclic) bond motifs is 1. The minimum Gasteiger partial charge on any atom is -0.454 e. The van der Waals surface area contributed by atoms with Crippen LogP contribution in [0.3, 0.4) is 0 Å². The normalized spacial score (nSPS) is 10.7. The quantitative estimate of drug-likeness (QED) is 0.689. The molecule has 1 aromatic carbocycles. The van der Waals surface area contributed by atoms with Gasteiger partial charge in [-0.2, -0.15) is 0 Å². The van der Waals surface area contributed by atoms with Crippen molar-refractivity contribution in [3.63, 3.8) is 0 Å². The number of pyridine rings is 1. The summed E-state index contributed by atoms with van der Waals surface area (Å²) in [5.74, 6) is -0.829. The second-order valence-electron chi connectivity index (χ2n) is 5.15. The molecule has 0 aliphatic heterocycles. The zero-order valence-electron chi connectivity index (χ0n) is 12.7. The first-order valence-electron chi connectivity index (χ1n) is 7.05. The SMILES string of the molecule is CC(=O)COC(=O)c1cc(-c2ccccc2)nc2onc(C)c12. The van der Waals surface area contributed by atoms with E-state index in [4.69, 9.17) is 9.26 Å². The molecule has 0 bridgehead atoms. The number of ether oxygens (including phenoxy) is 1. The van der Waals surface area contributed by atoms with Crippen molar-refractivity contribution >= 4 is 22.9 Å². The molecule has 23 heavy (non-hydrogen) atoms. The average molecular weight is 310 g/mol. The smallest absolute Gasteiger partial charge is 0.339 e. The second-order valence-corrected chi connectivity index (χ2v) is 5.15. The maximum Gasteiger partial charge on any atom is 0.339 e. The summed E-state index contributed by atoms with van der Waals surface area (Å²) in [6.07, 6.45) is 0. The fourth-order valence-corrected chi connectivity index (χ4v) is 2.26. The molecule has 0 saturated heterocycles. The van der Waals surface area contributed by atoms with E-state index in [0.717, 1.165) is 5.56 Å². The molecule has 0 amide bonds. The second kappa shape index (κ2) is 6.00. The number of hydrogen-bond acceptors (Lipinski definition) is 6. The number of hydrogen-bond donors (Lipinski definition) is 0. The van der Waals surface area contributed by atoms with Crippen LogP contribution in [0.2, 0.25) is 0 Å². The van der Waals surface area contributed by atoms with Crippen LogP contribution in [0, 0.1) is 6.92 Å². The first kappa shape index (κ1) is 14.9. The van der Waals surface area contributed by atoms with Crippen molar-refractivity contribution in [1.82, 2.24) is 10.1 Å². The number of aryl methyl sites for hydroxylation is 1. The van der Waals surface area contributed by atoms with E-state index in [-0.39, 0.29) is 23.7 Å². The number of Topliss-reactive ketones (excluding diaryl/α,β-unsaturated/α-hetero) is 1. The van der Waals surface area contributed by atoms with Gasteiger partial charge in [-0.3, -0.25) is 4.79 Å². The lowest BCUT2D eigenvalue weighted by Crippen LogP contribution is -2.12. The lowest BCUT2D eigenvalue weighted by Gasteiger charge is -2.06. The van der Waals surface area contributed by atoms with Crippen LogP contribution >= 0.6 is 0 Å². The Balaban J connectivity index is 2.12. The molecule has 116 valence electrons. The molecular weight excluding hydrogens is 296 g/mol. The molecule has 6 heteroatoms. The highest BCUT2D eigenvalue weighted by Gasteiger charge is 2.20. The van der Waals surface area contributed by atoms with Crippen molar-refractivity contribution in [2.24, 2.45) is 0 Å². The molecule has 0 aliphatic rings. The number of carbonyl (C=O) groups excluding carboxylic acids is 2. The molecule has 0 fully saturated rings. The first-order valence-corrected chi connectivity index (χ1v) is 7.05. The van der Waals surface area contributed by atoms with Gasteiger partial charge >= 0.3 is 5.97 Å². The highest BCUT2D eigenvalue weighted by atomic mass is 16.5. The number of esters is 1. The van der Waals surface area contributed by atoms with E-state index in [0.29, 0.717) is 16.8 Å². The number of rotatable bonds is 4. The molecule has 6 nitrogen and oxygen atoms in total. The molecule has 0 radical (unpaired) electrons. The molecule has 3 rings (SSSR count). The number of nitrogens with zero attached hydrogens (tertiary/aromatic N) is 2. The number of benzene rings is 1. The van der Waals surface area contributed by atoms with Crippen LogP contribution in [0.25, 0.3) is 22.4 Å². The van der Waals surface area contributed by atoms with Crippen LogP contribution < -0.4 is 0 Å². The molecule has 0 N–H and O–H groups in total. The van der Waals surface area contributed by atoms with Gasteiger partial charge in [0.05, 0.1) is 22.3 Å². The van der Waals surface area contributed by atoms with Gasteiger partial charge < -0.3 is 9.26 Å². The Kier molecular flexibility index (Phi) is 3.89.